The minimum Gasteiger partial charge on any atom is -0.473 e. The Labute approximate surface area is 138 Å². The SMILES string of the molecule is O=C(O)NCC(=CF)COc1ccc2c(n1)CCN(C1CC1)C2=O. The molecule has 0 radical (unpaired) electrons. The number of carbonyl (C=O) groups excluding carboxylic acids is 1. The monoisotopic (exact) mass is 335 g/mol. The van der Waals surface area contributed by atoms with Crippen molar-refractivity contribution in [2.24, 2.45) is 0 Å². The van der Waals surface area contributed by atoms with Crippen molar-refractivity contribution in [3.63, 3.8) is 0 Å². The van der Waals surface area contributed by atoms with E-state index in [-0.39, 0.29) is 30.5 Å². The van der Waals surface area contributed by atoms with Gasteiger partial charge in [-0.3, -0.25) is 4.79 Å². The zero-order valence-corrected chi connectivity index (χ0v) is 13.0. The van der Waals surface area contributed by atoms with Crippen LogP contribution in [-0.2, 0) is 6.42 Å². The van der Waals surface area contributed by atoms with Gasteiger partial charge in [-0.2, -0.15) is 0 Å². The molecule has 128 valence electrons. The first-order valence-corrected chi connectivity index (χ1v) is 7.77. The highest BCUT2D eigenvalue weighted by atomic mass is 19.1. The van der Waals surface area contributed by atoms with E-state index in [1.54, 1.807) is 12.1 Å². The number of hydrogen-bond acceptors (Lipinski definition) is 4. The minimum atomic E-state index is -1.24. The average Bonchev–Trinajstić information content (AvgIpc) is 3.40. The zero-order chi connectivity index (χ0) is 17.1. The molecule has 3 rings (SSSR count). The highest BCUT2D eigenvalue weighted by molar-refractivity contribution is 5.96. The van der Waals surface area contributed by atoms with Crippen molar-refractivity contribution in [3.05, 3.63) is 35.3 Å². The molecule has 1 fully saturated rings. The average molecular weight is 335 g/mol. The first kappa shape index (κ1) is 16.2. The van der Waals surface area contributed by atoms with Gasteiger partial charge in [0.25, 0.3) is 5.91 Å². The summed E-state index contributed by atoms with van der Waals surface area (Å²) in [6, 6.07) is 3.64. The molecule has 0 saturated heterocycles. The van der Waals surface area contributed by atoms with Crippen molar-refractivity contribution < 1.29 is 23.8 Å². The Morgan fingerprint density at radius 1 is 1.50 bits per heavy atom. The summed E-state index contributed by atoms with van der Waals surface area (Å²) in [4.78, 5) is 29.0. The molecule has 2 aliphatic rings. The van der Waals surface area contributed by atoms with Gasteiger partial charge in [0.1, 0.15) is 6.61 Å². The molecule has 0 unspecified atom stereocenters. The summed E-state index contributed by atoms with van der Waals surface area (Å²) in [5.41, 5.74) is 1.42. The van der Waals surface area contributed by atoms with Gasteiger partial charge < -0.3 is 20.1 Å². The molecule has 2 heterocycles. The van der Waals surface area contributed by atoms with Crippen molar-refractivity contribution in [1.82, 2.24) is 15.2 Å². The van der Waals surface area contributed by atoms with Gasteiger partial charge >= 0.3 is 6.09 Å². The Morgan fingerprint density at radius 2 is 2.29 bits per heavy atom. The van der Waals surface area contributed by atoms with Crippen LogP contribution in [0.25, 0.3) is 0 Å². The lowest BCUT2D eigenvalue weighted by Gasteiger charge is -2.28. The van der Waals surface area contributed by atoms with E-state index in [9.17, 15) is 14.0 Å². The highest BCUT2D eigenvalue weighted by Gasteiger charge is 2.36. The molecular weight excluding hydrogens is 317 g/mol. The quantitative estimate of drug-likeness (QED) is 0.826. The number of rotatable bonds is 6. The van der Waals surface area contributed by atoms with E-state index < -0.39 is 6.09 Å². The maximum Gasteiger partial charge on any atom is 0.404 e. The minimum absolute atomic E-state index is 0.00722. The third-order valence-corrected chi connectivity index (χ3v) is 4.04. The Hall–Kier alpha value is -2.64. The maximum absolute atomic E-state index is 12.7. The summed E-state index contributed by atoms with van der Waals surface area (Å²) in [5, 5.41) is 10.6. The summed E-state index contributed by atoms with van der Waals surface area (Å²) in [7, 11) is 0. The smallest absolute Gasteiger partial charge is 0.404 e. The number of nitrogens with one attached hydrogen (secondary N) is 1. The fourth-order valence-corrected chi connectivity index (χ4v) is 2.64. The number of fused-ring (bicyclic) bond motifs is 1. The van der Waals surface area contributed by atoms with Crippen LogP contribution in [0.3, 0.4) is 0 Å². The molecule has 8 heteroatoms. The molecule has 0 bridgehead atoms. The first-order valence-electron chi connectivity index (χ1n) is 7.77. The van der Waals surface area contributed by atoms with E-state index in [4.69, 9.17) is 9.84 Å². The van der Waals surface area contributed by atoms with Crippen LogP contribution in [0.15, 0.2) is 24.0 Å². The van der Waals surface area contributed by atoms with Crippen molar-refractivity contribution in [1.29, 1.82) is 0 Å². The Kier molecular flexibility index (Phi) is 4.64. The molecule has 0 atom stereocenters. The summed E-state index contributed by atoms with van der Waals surface area (Å²) in [5.74, 6) is 0.295. The standard InChI is InChI=1S/C16H18FN3O4/c17-7-10(8-18-16(22)23)9-24-14-4-3-12-13(19-14)5-6-20(15(12)21)11-1-2-11/h3-4,7,11,18H,1-2,5-6,8-9H2,(H,22,23). The number of aromatic nitrogens is 1. The topological polar surface area (TPSA) is 91.8 Å². The van der Waals surface area contributed by atoms with Crippen LogP contribution in [0.1, 0.15) is 28.9 Å². The van der Waals surface area contributed by atoms with E-state index in [1.165, 1.54) is 0 Å². The van der Waals surface area contributed by atoms with Gasteiger partial charge in [0.2, 0.25) is 5.88 Å². The molecule has 2 amide bonds. The van der Waals surface area contributed by atoms with Gasteiger partial charge in [-0.05, 0) is 18.9 Å². The first-order chi connectivity index (χ1) is 11.6. The van der Waals surface area contributed by atoms with Crippen LogP contribution >= 0.6 is 0 Å². The second kappa shape index (κ2) is 6.86. The lowest BCUT2D eigenvalue weighted by atomic mass is 10.0. The number of ether oxygens (including phenoxy) is 1. The van der Waals surface area contributed by atoms with E-state index >= 15 is 0 Å². The molecule has 0 aromatic carbocycles. The van der Waals surface area contributed by atoms with Gasteiger partial charge in [-0.1, -0.05) is 0 Å². The number of halogens is 1. The predicted octanol–water partition coefficient (Wildman–Crippen LogP) is 1.74. The number of carbonyl (C=O) groups is 2. The van der Waals surface area contributed by atoms with Crippen LogP contribution in [0.2, 0.25) is 0 Å². The third-order valence-electron chi connectivity index (χ3n) is 4.04. The normalized spacial score (nSPS) is 17.5. The molecule has 1 saturated carbocycles. The maximum atomic E-state index is 12.7. The number of nitrogens with zero attached hydrogens (tertiary/aromatic N) is 2. The van der Waals surface area contributed by atoms with E-state index in [2.05, 4.69) is 10.3 Å². The molecule has 2 N–H and O–H groups in total. The Balaban J connectivity index is 1.62. The highest BCUT2D eigenvalue weighted by Crippen LogP contribution is 2.31. The molecular formula is C16H18FN3O4. The molecule has 1 aromatic heterocycles. The van der Waals surface area contributed by atoms with Gasteiger partial charge in [-0.15, -0.1) is 0 Å². The molecule has 1 aliphatic carbocycles. The molecule has 1 aromatic rings. The van der Waals surface area contributed by atoms with Crippen molar-refractivity contribution >= 4 is 12.0 Å². The molecule has 7 nitrogen and oxygen atoms in total. The van der Waals surface area contributed by atoms with E-state index in [0.29, 0.717) is 36.6 Å². The molecule has 0 spiro atoms. The van der Waals surface area contributed by atoms with Gasteiger partial charge in [0.15, 0.2) is 0 Å². The summed E-state index contributed by atoms with van der Waals surface area (Å²) in [6.45, 7) is 0.376. The van der Waals surface area contributed by atoms with Gasteiger partial charge in [0.05, 0.1) is 17.6 Å². The number of carboxylic acid groups (broad SMARTS) is 1. The molecule has 1 aliphatic heterocycles. The van der Waals surface area contributed by atoms with Crippen LogP contribution in [0.5, 0.6) is 5.88 Å². The fourth-order valence-electron chi connectivity index (χ4n) is 2.64. The van der Waals surface area contributed by atoms with Crippen molar-refractivity contribution in [2.45, 2.75) is 25.3 Å². The van der Waals surface area contributed by atoms with Crippen LogP contribution in [0.4, 0.5) is 9.18 Å². The molecule has 24 heavy (non-hydrogen) atoms. The van der Waals surface area contributed by atoms with E-state index in [1.807, 2.05) is 4.90 Å². The Morgan fingerprint density at radius 3 is 2.96 bits per heavy atom. The van der Waals surface area contributed by atoms with Crippen LogP contribution < -0.4 is 10.1 Å². The Bertz CT molecular complexity index is 688. The van der Waals surface area contributed by atoms with E-state index in [0.717, 1.165) is 12.8 Å². The summed E-state index contributed by atoms with van der Waals surface area (Å²) >= 11 is 0. The lowest BCUT2D eigenvalue weighted by Crippen LogP contribution is -2.39. The second-order valence-corrected chi connectivity index (χ2v) is 5.84. The summed E-state index contributed by atoms with van der Waals surface area (Å²) in [6.07, 6.45) is 1.88. The second-order valence-electron chi connectivity index (χ2n) is 5.84. The van der Waals surface area contributed by atoms with Crippen LogP contribution in [0, 0.1) is 0 Å². The number of hydrogen-bond donors (Lipinski definition) is 2. The predicted molar refractivity (Wildman–Crippen MR) is 82.7 cm³/mol. The van der Waals surface area contributed by atoms with Gasteiger partial charge in [-0.25, -0.2) is 14.2 Å². The largest absolute Gasteiger partial charge is 0.473 e. The third kappa shape index (κ3) is 3.64. The van der Waals surface area contributed by atoms with Gasteiger partial charge in [0, 0.05) is 37.2 Å². The number of amides is 2. The lowest BCUT2D eigenvalue weighted by molar-refractivity contribution is 0.0724. The van der Waals surface area contributed by atoms with Crippen LogP contribution in [-0.4, -0.2) is 52.7 Å². The van der Waals surface area contributed by atoms with Crippen molar-refractivity contribution in [3.8, 4) is 5.88 Å². The van der Waals surface area contributed by atoms with Crippen molar-refractivity contribution in [2.75, 3.05) is 19.7 Å². The summed E-state index contributed by atoms with van der Waals surface area (Å²) < 4.78 is 18.1. The zero-order valence-electron chi connectivity index (χ0n) is 13.0. The number of pyridine rings is 1. The fraction of sp³-hybridized carbons (Fsp3) is 0.438.